The lowest BCUT2D eigenvalue weighted by Crippen LogP contribution is -2.27. The van der Waals surface area contributed by atoms with Gasteiger partial charge in [0, 0.05) is 23.7 Å². The molecule has 28 heavy (non-hydrogen) atoms. The molecule has 0 aliphatic carbocycles. The molecule has 144 valence electrons. The number of thiocarbonyl (C=S) groups is 1. The number of para-hydroxylation sites is 1. The summed E-state index contributed by atoms with van der Waals surface area (Å²) in [6.45, 7) is 15.9. The van der Waals surface area contributed by atoms with Crippen molar-refractivity contribution < 1.29 is 0 Å². The summed E-state index contributed by atoms with van der Waals surface area (Å²) in [7, 11) is 0. The highest BCUT2D eigenvalue weighted by molar-refractivity contribution is 7.80. The molecular formula is C23H26N4S. The summed E-state index contributed by atoms with van der Waals surface area (Å²) < 4.78 is 0. The third-order valence-electron chi connectivity index (χ3n) is 4.23. The van der Waals surface area contributed by atoms with E-state index in [1.807, 2.05) is 64.1 Å². The third-order valence-corrected chi connectivity index (χ3v) is 4.44. The summed E-state index contributed by atoms with van der Waals surface area (Å²) in [6.07, 6.45) is 3.49. The fourth-order valence-corrected chi connectivity index (χ4v) is 2.88. The van der Waals surface area contributed by atoms with Crippen molar-refractivity contribution in [3.8, 4) is 0 Å². The average Bonchev–Trinajstić information content (AvgIpc) is 2.64. The van der Waals surface area contributed by atoms with E-state index in [-0.39, 0.29) is 0 Å². The first-order valence-electron chi connectivity index (χ1n) is 8.97. The summed E-state index contributed by atoms with van der Waals surface area (Å²) in [5.41, 5.74) is 6.99. The Morgan fingerprint density at radius 3 is 2.32 bits per heavy atom. The molecule has 0 aliphatic heterocycles. The molecule has 0 spiro atoms. The topological polar surface area (TPSA) is 48.8 Å². The molecule has 2 N–H and O–H groups in total. The molecule has 0 heterocycles. The van der Waals surface area contributed by atoms with Gasteiger partial charge in [-0.15, -0.1) is 0 Å². The second-order valence-corrected chi connectivity index (χ2v) is 6.86. The molecule has 0 radical (unpaired) electrons. The van der Waals surface area contributed by atoms with Crippen molar-refractivity contribution in [2.45, 2.75) is 27.7 Å². The first-order chi connectivity index (χ1) is 13.3. The molecule has 0 atom stereocenters. The molecule has 0 unspecified atom stereocenters. The number of aliphatic imine (C=N–C) groups is 2. The van der Waals surface area contributed by atoms with Crippen LogP contribution in [0.5, 0.6) is 0 Å². The fourth-order valence-electron chi connectivity index (χ4n) is 2.66. The van der Waals surface area contributed by atoms with Crippen molar-refractivity contribution in [1.82, 2.24) is 5.32 Å². The number of nitrogens with zero attached hydrogens (tertiary/aromatic N) is 2. The predicted octanol–water partition coefficient (Wildman–Crippen LogP) is 5.55. The van der Waals surface area contributed by atoms with Crippen molar-refractivity contribution in [2.24, 2.45) is 9.98 Å². The van der Waals surface area contributed by atoms with E-state index in [0.717, 1.165) is 33.5 Å². The Labute approximate surface area is 172 Å². The van der Waals surface area contributed by atoms with Crippen molar-refractivity contribution >= 4 is 41.1 Å². The Balaban J connectivity index is 2.06. The van der Waals surface area contributed by atoms with Gasteiger partial charge in [0.05, 0.1) is 5.70 Å². The van der Waals surface area contributed by atoms with Gasteiger partial charge in [-0.05, 0) is 68.2 Å². The van der Waals surface area contributed by atoms with E-state index in [9.17, 15) is 0 Å². The molecule has 4 nitrogen and oxygen atoms in total. The van der Waals surface area contributed by atoms with Crippen LogP contribution >= 0.6 is 12.2 Å². The maximum atomic E-state index is 5.39. The lowest BCUT2D eigenvalue weighted by atomic mass is 10.0. The molecule has 2 aromatic rings. The van der Waals surface area contributed by atoms with Gasteiger partial charge in [0.25, 0.3) is 0 Å². The molecule has 0 aliphatic rings. The Hall–Kier alpha value is -3.05. The summed E-state index contributed by atoms with van der Waals surface area (Å²) in [4.78, 5) is 8.64. The molecule has 0 amide bonds. The van der Waals surface area contributed by atoms with Crippen molar-refractivity contribution in [1.29, 1.82) is 0 Å². The number of rotatable bonds is 6. The number of benzene rings is 2. The molecule has 0 fully saturated rings. The van der Waals surface area contributed by atoms with Crippen LogP contribution in [0.25, 0.3) is 5.70 Å². The van der Waals surface area contributed by atoms with E-state index >= 15 is 0 Å². The van der Waals surface area contributed by atoms with Gasteiger partial charge in [-0.2, -0.15) is 0 Å². The second-order valence-electron chi connectivity index (χ2n) is 6.46. The van der Waals surface area contributed by atoms with Crippen LogP contribution in [0.4, 0.5) is 5.69 Å². The van der Waals surface area contributed by atoms with Gasteiger partial charge < -0.3 is 10.6 Å². The Bertz CT molecular complexity index is 950. The average molecular weight is 391 g/mol. The summed E-state index contributed by atoms with van der Waals surface area (Å²) >= 11 is 5.39. The molecular weight excluding hydrogens is 364 g/mol. The number of hydrogen-bond acceptors (Lipinski definition) is 3. The zero-order chi connectivity index (χ0) is 20.7. The highest BCUT2D eigenvalue weighted by Crippen LogP contribution is 2.19. The molecule has 0 saturated heterocycles. The minimum atomic E-state index is 0.454. The van der Waals surface area contributed by atoms with E-state index in [2.05, 4.69) is 33.8 Å². The standard InChI is InChI=1S/C23H26N4S/c1-7-24-18(5)20-12-11-15(2)21(13-20)14-25-19(6)26-23(28)27-22-16(3)9-8-10-17(22)4/h7-14H,5-6H2,1-4H3,(H2,26,27,28)/b24-7-,25-14-. The van der Waals surface area contributed by atoms with Gasteiger partial charge in [0.1, 0.15) is 5.82 Å². The molecule has 0 bridgehead atoms. The summed E-state index contributed by atoms with van der Waals surface area (Å²) in [5.74, 6) is 0.457. The monoisotopic (exact) mass is 390 g/mol. The summed E-state index contributed by atoms with van der Waals surface area (Å²) in [5, 5.41) is 6.69. The van der Waals surface area contributed by atoms with E-state index in [4.69, 9.17) is 12.2 Å². The van der Waals surface area contributed by atoms with Crippen molar-refractivity contribution in [3.05, 3.63) is 83.2 Å². The first-order valence-corrected chi connectivity index (χ1v) is 9.38. The van der Waals surface area contributed by atoms with Crippen LogP contribution in [0.15, 0.2) is 65.4 Å². The lowest BCUT2D eigenvalue weighted by Gasteiger charge is -2.14. The fraction of sp³-hybridized carbons (Fsp3) is 0.174. The van der Waals surface area contributed by atoms with E-state index < -0.39 is 0 Å². The van der Waals surface area contributed by atoms with Crippen LogP contribution in [-0.2, 0) is 0 Å². The number of hydrogen-bond donors (Lipinski definition) is 2. The van der Waals surface area contributed by atoms with Gasteiger partial charge in [-0.1, -0.05) is 43.5 Å². The number of nitrogens with one attached hydrogen (secondary N) is 2. The third kappa shape index (κ3) is 5.72. The minimum absolute atomic E-state index is 0.454. The van der Waals surface area contributed by atoms with Crippen LogP contribution < -0.4 is 10.6 Å². The largest absolute Gasteiger partial charge is 0.332 e. The number of aryl methyl sites for hydroxylation is 3. The van der Waals surface area contributed by atoms with Gasteiger partial charge in [0.15, 0.2) is 5.11 Å². The van der Waals surface area contributed by atoms with Crippen LogP contribution in [0.2, 0.25) is 0 Å². The predicted molar refractivity (Wildman–Crippen MR) is 126 cm³/mol. The molecule has 2 rings (SSSR count). The summed E-state index contributed by atoms with van der Waals surface area (Å²) in [6, 6.07) is 12.1. The van der Waals surface area contributed by atoms with E-state index in [1.165, 1.54) is 0 Å². The smallest absolute Gasteiger partial charge is 0.176 e. The lowest BCUT2D eigenvalue weighted by molar-refractivity contribution is 1.11. The van der Waals surface area contributed by atoms with Gasteiger partial charge in [0.2, 0.25) is 0 Å². The Morgan fingerprint density at radius 1 is 1.00 bits per heavy atom. The zero-order valence-electron chi connectivity index (χ0n) is 16.8. The normalized spacial score (nSPS) is 11.0. The van der Waals surface area contributed by atoms with Crippen LogP contribution in [-0.4, -0.2) is 17.5 Å². The number of anilines is 1. The van der Waals surface area contributed by atoms with Crippen LogP contribution in [0.1, 0.15) is 34.7 Å². The Morgan fingerprint density at radius 2 is 1.68 bits per heavy atom. The van der Waals surface area contributed by atoms with Gasteiger partial charge >= 0.3 is 0 Å². The van der Waals surface area contributed by atoms with Gasteiger partial charge in [-0.3, -0.25) is 4.99 Å². The Kier molecular flexibility index (Phi) is 7.41. The van der Waals surface area contributed by atoms with Crippen LogP contribution in [0, 0.1) is 20.8 Å². The van der Waals surface area contributed by atoms with E-state index in [0.29, 0.717) is 16.6 Å². The molecule has 0 saturated carbocycles. The highest BCUT2D eigenvalue weighted by Gasteiger charge is 2.05. The zero-order valence-corrected chi connectivity index (χ0v) is 17.7. The van der Waals surface area contributed by atoms with Crippen LogP contribution in [0.3, 0.4) is 0 Å². The van der Waals surface area contributed by atoms with Crippen molar-refractivity contribution in [2.75, 3.05) is 5.32 Å². The SMILES string of the molecule is C=C(/N=C\c1cc(C(=C)/N=C\C)ccc1C)NC(=S)Nc1c(C)cccc1C. The maximum absolute atomic E-state index is 5.39. The van der Waals surface area contributed by atoms with E-state index in [1.54, 1.807) is 12.4 Å². The van der Waals surface area contributed by atoms with Crippen molar-refractivity contribution in [3.63, 3.8) is 0 Å². The maximum Gasteiger partial charge on any atom is 0.176 e. The highest BCUT2D eigenvalue weighted by atomic mass is 32.1. The minimum Gasteiger partial charge on any atom is -0.332 e. The van der Waals surface area contributed by atoms with Gasteiger partial charge in [-0.25, -0.2) is 4.99 Å². The second kappa shape index (κ2) is 9.76. The first kappa shape index (κ1) is 21.3. The molecule has 0 aromatic heterocycles. The molecule has 5 heteroatoms. The molecule has 2 aromatic carbocycles. The quantitative estimate of drug-likeness (QED) is 0.502.